The zero-order chi connectivity index (χ0) is 17.6. The molecule has 25 heavy (non-hydrogen) atoms. The van der Waals surface area contributed by atoms with E-state index in [-0.39, 0.29) is 5.56 Å². The van der Waals surface area contributed by atoms with Crippen LogP contribution in [-0.2, 0) is 6.42 Å². The first-order valence-electron chi connectivity index (χ1n) is 8.00. The van der Waals surface area contributed by atoms with Gasteiger partial charge in [-0.2, -0.15) is 0 Å². The molecular weight excluding hydrogens is 316 g/mol. The zero-order valence-corrected chi connectivity index (χ0v) is 14.2. The lowest BCUT2D eigenvalue weighted by Crippen LogP contribution is -2.12. The number of benzene rings is 1. The summed E-state index contributed by atoms with van der Waals surface area (Å²) in [5.74, 6) is 0.555. The van der Waals surface area contributed by atoms with Gasteiger partial charge in [-0.3, -0.25) is 4.79 Å². The second kappa shape index (κ2) is 7.57. The molecule has 0 saturated carbocycles. The normalized spacial score (nSPS) is 10.5. The van der Waals surface area contributed by atoms with Crippen LogP contribution in [-0.4, -0.2) is 40.6 Å². The van der Waals surface area contributed by atoms with Gasteiger partial charge in [0.05, 0.1) is 12.0 Å². The average Bonchev–Trinajstić information content (AvgIpc) is 2.62. The van der Waals surface area contributed by atoms with Gasteiger partial charge in [-0.05, 0) is 18.2 Å². The van der Waals surface area contributed by atoms with E-state index in [0.29, 0.717) is 18.9 Å². The zero-order valence-electron chi connectivity index (χ0n) is 14.2. The van der Waals surface area contributed by atoms with Crippen LogP contribution in [0.25, 0.3) is 11.3 Å². The molecule has 0 bridgehead atoms. The predicted octanol–water partition coefficient (Wildman–Crippen LogP) is 1.95. The molecule has 3 aromatic rings. The molecule has 0 aliphatic carbocycles. The maximum absolute atomic E-state index is 11.2. The van der Waals surface area contributed by atoms with Crippen molar-refractivity contribution in [2.24, 2.45) is 0 Å². The van der Waals surface area contributed by atoms with Crippen molar-refractivity contribution in [3.63, 3.8) is 0 Å². The molecule has 3 rings (SSSR count). The third-order valence-corrected chi connectivity index (χ3v) is 3.73. The van der Waals surface area contributed by atoms with Crippen molar-refractivity contribution in [3.8, 4) is 11.3 Å². The summed E-state index contributed by atoms with van der Waals surface area (Å²) in [4.78, 5) is 28.7. The van der Waals surface area contributed by atoms with E-state index < -0.39 is 0 Å². The van der Waals surface area contributed by atoms with Crippen molar-refractivity contribution >= 4 is 11.6 Å². The number of nitrogens with zero attached hydrogens (tertiary/aromatic N) is 4. The second-order valence-electron chi connectivity index (χ2n) is 5.79. The summed E-state index contributed by atoms with van der Waals surface area (Å²) in [7, 11) is 4.02. The van der Waals surface area contributed by atoms with Gasteiger partial charge in [-0.1, -0.05) is 12.1 Å². The first kappa shape index (κ1) is 16.6. The fourth-order valence-electron chi connectivity index (χ4n) is 2.38. The molecule has 0 radical (unpaired) electrons. The summed E-state index contributed by atoms with van der Waals surface area (Å²) < 4.78 is 0. The number of H-pyrrole nitrogens is 1. The molecule has 0 unspecified atom stereocenters. The van der Waals surface area contributed by atoms with Crippen molar-refractivity contribution in [3.05, 3.63) is 65.0 Å². The van der Waals surface area contributed by atoms with Gasteiger partial charge in [0, 0.05) is 56.3 Å². The van der Waals surface area contributed by atoms with E-state index in [0.717, 1.165) is 22.6 Å². The molecule has 2 N–H and O–H groups in total. The van der Waals surface area contributed by atoms with Crippen LogP contribution in [0.2, 0.25) is 0 Å². The van der Waals surface area contributed by atoms with Crippen LogP contribution in [0.5, 0.6) is 0 Å². The van der Waals surface area contributed by atoms with Gasteiger partial charge < -0.3 is 15.2 Å². The molecule has 2 aromatic heterocycles. The van der Waals surface area contributed by atoms with Gasteiger partial charge in [-0.15, -0.1) is 0 Å². The third kappa shape index (κ3) is 4.41. The van der Waals surface area contributed by atoms with Crippen LogP contribution < -0.4 is 15.8 Å². The standard InChI is InChI=1S/C18H20N6O/c1-24(2)15-5-3-13(4-6-15)16-8-10-20-18(23-16)19-9-7-14-11-17(25)22-12-21-14/h3-6,8,10-12H,7,9H2,1-2H3,(H,19,20,23)(H,21,22,25). The van der Waals surface area contributed by atoms with E-state index in [1.165, 1.54) is 12.4 Å². The van der Waals surface area contributed by atoms with E-state index in [4.69, 9.17) is 0 Å². The fraction of sp³-hybridized carbons (Fsp3) is 0.222. The van der Waals surface area contributed by atoms with Crippen LogP contribution in [0.4, 0.5) is 11.6 Å². The maximum Gasteiger partial charge on any atom is 0.250 e. The Bertz CT molecular complexity index is 888. The highest BCUT2D eigenvalue weighted by molar-refractivity contribution is 5.63. The van der Waals surface area contributed by atoms with Gasteiger partial charge in [-0.25, -0.2) is 15.0 Å². The van der Waals surface area contributed by atoms with Crippen molar-refractivity contribution in [2.75, 3.05) is 30.9 Å². The van der Waals surface area contributed by atoms with Crippen LogP contribution in [0.3, 0.4) is 0 Å². The Balaban J connectivity index is 1.66. The Labute approximate surface area is 145 Å². The summed E-state index contributed by atoms with van der Waals surface area (Å²) in [6.07, 6.45) is 3.76. The Kier molecular flexibility index (Phi) is 5.03. The summed E-state index contributed by atoms with van der Waals surface area (Å²) in [6, 6.07) is 11.6. The van der Waals surface area contributed by atoms with Gasteiger partial charge in [0.15, 0.2) is 0 Å². The SMILES string of the molecule is CN(C)c1ccc(-c2ccnc(NCCc3cc(=O)[nH]cn3)n2)cc1. The number of hydrogen-bond acceptors (Lipinski definition) is 6. The van der Waals surface area contributed by atoms with E-state index in [1.54, 1.807) is 6.20 Å². The molecule has 0 saturated heterocycles. The van der Waals surface area contributed by atoms with Crippen molar-refractivity contribution < 1.29 is 0 Å². The molecule has 7 heteroatoms. The minimum absolute atomic E-state index is 0.149. The fourth-order valence-corrected chi connectivity index (χ4v) is 2.38. The summed E-state index contributed by atoms with van der Waals surface area (Å²) in [6.45, 7) is 0.597. The Morgan fingerprint density at radius 3 is 2.64 bits per heavy atom. The molecule has 2 heterocycles. The highest BCUT2D eigenvalue weighted by Crippen LogP contribution is 2.21. The second-order valence-corrected chi connectivity index (χ2v) is 5.79. The highest BCUT2D eigenvalue weighted by Gasteiger charge is 2.04. The monoisotopic (exact) mass is 336 g/mol. The number of anilines is 2. The molecule has 0 atom stereocenters. The molecule has 128 valence electrons. The first-order chi connectivity index (χ1) is 12.1. The molecule has 7 nitrogen and oxygen atoms in total. The Hall–Kier alpha value is -3.22. The van der Waals surface area contributed by atoms with Crippen molar-refractivity contribution in [2.45, 2.75) is 6.42 Å². The maximum atomic E-state index is 11.2. The van der Waals surface area contributed by atoms with Crippen LogP contribution in [0, 0.1) is 0 Å². The molecule has 0 aliphatic heterocycles. The number of aromatic amines is 1. The quantitative estimate of drug-likeness (QED) is 0.715. The Morgan fingerprint density at radius 1 is 1.12 bits per heavy atom. The molecular formula is C18H20N6O. The van der Waals surface area contributed by atoms with Crippen molar-refractivity contribution in [1.29, 1.82) is 0 Å². The highest BCUT2D eigenvalue weighted by atomic mass is 16.1. The average molecular weight is 336 g/mol. The molecule has 0 aliphatic rings. The first-order valence-corrected chi connectivity index (χ1v) is 8.00. The summed E-state index contributed by atoms with van der Waals surface area (Å²) >= 11 is 0. The predicted molar refractivity (Wildman–Crippen MR) is 98.8 cm³/mol. The smallest absolute Gasteiger partial charge is 0.250 e. The van der Waals surface area contributed by atoms with Crippen LogP contribution in [0.15, 0.2) is 53.7 Å². The molecule has 0 fully saturated rings. The van der Waals surface area contributed by atoms with E-state index in [9.17, 15) is 4.79 Å². The molecule has 1 aromatic carbocycles. The molecule has 0 spiro atoms. The van der Waals surface area contributed by atoms with Crippen LogP contribution >= 0.6 is 0 Å². The van der Waals surface area contributed by atoms with Crippen molar-refractivity contribution in [1.82, 2.24) is 19.9 Å². The number of nitrogens with one attached hydrogen (secondary N) is 2. The van der Waals surface area contributed by atoms with E-state index in [1.807, 2.05) is 32.3 Å². The number of hydrogen-bond donors (Lipinski definition) is 2. The van der Waals surface area contributed by atoms with E-state index >= 15 is 0 Å². The van der Waals surface area contributed by atoms with Gasteiger partial charge >= 0.3 is 0 Å². The summed E-state index contributed by atoms with van der Waals surface area (Å²) in [5.41, 5.74) is 3.61. The number of rotatable bonds is 6. The largest absolute Gasteiger partial charge is 0.378 e. The lowest BCUT2D eigenvalue weighted by Gasteiger charge is -2.12. The van der Waals surface area contributed by atoms with Gasteiger partial charge in [0.25, 0.3) is 5.56 Å². The lowest BCUT2D eigenvalue weighted by atomic mass is 10.1. The van der Waals surface area contributed by atoms with Gasteiger partial charge in [0.1, 0.15) is 0 Å². The van der Waals surface area contributed by atoms with Gasteiger partial charge in [0.2, 0.25) is 5.95 Å². The Morgan fingerprint density at radius 2 is 1.92 bits per heavy atom. The number of aromatic nitrogens is 4. The topological polar surface area (TPSA) is 86.8 Å². The van der Waals surface area contributed by atoms with Crippen LogP contribution in [0.1, 0.15) is 5.69 Å². The lowest BCUT2D eigenvalue weighted by molar-refractivity contribution is 0.918. The minimum Gasteiger partial charge on any atom is -0.378 e. The molecule has 0 amide bonds. The third-order valence-electron chi connectivity index (χ3n) is 3.73. The summed E-state index contributed by atoms with van der Waals surface area (Å²) in [5, 5.41) is 3.17. The van der Waals surface area contributed by atoms with E-state index in [2.05, 4.69) is 42.3 Å². The minimum atomic E-state index is -0.149.